The first-order valence-electron chi connectivity index (χ1n) is 12.4. The molecule has 7 nitrogen and oxygen atoms in total. The van der Waals surface area contributed by atoms with Gasteiger partial charge >= 0.3 is 5.97 Å². The van der Waals surface area contributed by atoms with E-state index in [0.29, 0.717) is 6.61 Å². The number of rotatable bonds is 0. The van der Waals surface area contributed by atoms with E-state index in [4.69, 9.17) is 28.4 Å². The van der Waals surface area contributed by atoms with Crippen molar-refractivity contribution in [1.29, 1.82) is 0 Å². The van der Waals surface area contributed by atoms with Crippen molar-refractivity contribution >= 4 is 5.97 Å². The molecule has 1 unspecified atom stereocenters. The van der Waals surface area contributed by atoms with Gasteiger partial charge in [-0.1, -0.05) is 27.7 Å². The van der Waals surface area contributed by atoms with Crippen LogP contribution in [0.3, 0.4) is 0 Å². The minimum Gasteiger partial charge on any atom is -0.462 e. The number of esters is 1. The first kappa shape index (κ1) is 24.4. The minimum absolute atomic E-state index is 0.0170. The maximum absolute atomic E-state index is 13.2. The highest BCUT2D eigenvalue weighted by Gasteiger charge is 2.60. The summed E-state index contributed by atoms with van der Waals surface area (Å²) in [6.45, 7) is 19.0. The van der Waals surface area contributed by atoms with E-state index in [0.717, 1.165) is 6.42 Å². The quantitative estimate of drug-likeness (QED) is 0.406. The lowest BCUT2D eigenvalue weighted by Gasteiger charge is -2.50. The number of hydrogen-bond acceptors (Lipinski definition) is 7. The molecule has 32 heavy (non-hydrogen) atoms. The summed E-state index contributed by atoms with van der Waals surface area (Å²) in [7, 11) is 0. The SMILES string of the molecule is CC1O[C@@H]2[C@@H](C)[C@@H](O1)[C@]1(CO1)C[C@H](C)[C@@H]1OC(C)(C)O[C@@H]([C@@H]1C)[C@@H](C)C(=O)O[C@H](C)[C@@H]2C. The summed E-state index contributed by atoms with van der Waals surface area (Å²) in [4.78, 5) is 13.2. The normalized spacial score (nSPS) is 53.9. The van der Waals surface area contributed by atoms with Gasteiger partial charge in [0.05, 0.1) is 36.9 Å². The molecule has 0 aromatic carbocycles. The van der Waals surface area contributed by atoms with Crippen LogP contribution in [0.15, 0.2) is 0 Å². The van der Waals surface area contributed by atoms with Crippen molar-refractivity contribution in [3.05, 3.63) is 0 Å². The third-order valence-electron chi connectivity index (χ3n) is 8.25. The molecule has 1 spiro atoms. The van der Waals surface area contributed by atoms with Crippen LogP contribution in [0.2, 0.25) is 0 Å². The highest BCUT2D eigenvalue weighted by atomic mass is 16.7. The van der Waals surface area contributed by atoms with Crippen molar-refractivity contribution in [2.24, 2.45) is 29.6 Å². The molecular formula is C25H42O7. The Balaban J connectivity index is 1.71. The smallest absolute Gasteiger partial charge is 0.311 e. The van der Waals surface area contributed by atoms with Gasteiger partial charge in [-0.2, -0.15) is 0 Å². The van der Waals surface area contributed by atoms with Crippen LogP contribution < -0.4 is 0 Å². The zero-order valence-corrected chi connectivity index (χ0v) is 21.1. The molecule has 0 amide bonds. The predicted molar refractivity (Wildman–Crippen MR) is 118 cm³/mol. The van der Waals surface area contributed by atoms with E-state index in [2.05, 4.69) is 27.7 Å². The molecule has 4 saturated heterocycles. The molecule has 0 aromatic rings. The largest absolute Gasteiger partial charge is 0.462 e. The molecule has 4 rings (SSSR count). The second-order valence-electron chi connectivity index (χ2n) is 11.3. The molecule has 4 heterocycles. The van der Waals surface area contributed by atoms with E-state index >= 15 is 0 Å². The summed E-state index contributed by atoms with van der Waals surface area (Å²) < 4.78 is 37.4. The Morgan fingerprint density at radius 1 is 0.812 bits per heavy atom. The van der Waals surface area contributed by atoms with Crippen LogP contribution in [0, 0.1) is 29.6 Å². The van der Waals surface area contributed by atoms with Crippen LogP contribution in [0.4, 0.5) is 0 Å². The van der Waals surface area contributed by atoms with Crippen molar-refractivity contribution < 1.29 is 33.2 Å². The Labute approximate surface area is 192 Å². The van der Waals surface area contributed by atoms with Crippen LogP contribution >= 0.6 is 0 Å². The van der Waals surface area contributed by atoms with E-state index in [1.807, 2.05) is 34.6 Å². The molecule has 4 bridgehead atoms. The Morgan fingerprint density at radius 2 is 1.44 bits per heavy atom. The summed E-state index contributed by atoms with van der Waals surface area (Å²) in [6.07, 6.45) is -0.316. The second-order valence-corrected chi connectivity index (χ2v) is 11.3. The fraction of sp³-hybridized carbons (Fsp3) is 0.960. The fourth-order valence-electron chi connectivity index (χ4n) is 6.31. The Bertz CT molecular complexity index is 704. The third kappa shape index (κ3) is 4.36. The monoisotopic (exact) mass is 454 g/mol. The maximum Gasteiger partial charge on any atom is 0.311 e. The van der Waals surface area contributed by atoms with Crippen molar-refractivity contribution in [2.45, 2.75) is 117 Å². The fourth-order valence-corrected chi connectivity index (χ4v) is 6.31. The Morgan fingerprint density at radius 3 is 2.06 bits per heavy atom. The van der Waals surface area contributed by atoms with Gasteiger partial charge < -0.3 is 28.4 Å². The van der Waals surface area contributed by atoms with E-state index in [-0.39, 0.29) is 72.1 Å². The van der Waals surface area contributed by atoms with E-state index in [1.54, 1.807) is 0 Å². The van der Waals surface area contributed by atoms with Crippen LogP contribution in [0.25, 0.3) is 0 Å². The summed E-state index contributed by atoms with van der Waals surface area (Å²) in [5.74, 6) is -1.04. The molecule has 0 aromatic heterocycles. The number of carbonyl (C=O) groups excluding carboxylic acids is 1. The first-order chi connectivity index (χ1) is 14.8. The number of carbonyl (C=O) groups is 1. The van der Waals surface area contributed by atoms with Gasteiger partial charge in [-0.05, 0) is 47.0 Å². The molecule has 7 heteroatoms. The number of cyclic esters (lactones) is 1. The van der Waals surface area contributed by atoms with Gasteiger partial charge in [0.25, 0.3) is 0 Å². The van der Waals surface area contributed by atoms with Gasteiger partial charge in [0, 0.05) is 17.8 Å². The lowest BCUT2D eigenvalue weighted by Crippen LogP contribution is -2.58. The molecule has 0 saturated carbocycles. The highest BCUT2D eigenvalue weighted by molar-refractivity contribution is 5.73. The zero-order chi connectivity index (χ0) is 23.6. The van der Waals surface area contributed by atoms with Gasteiger partial charge in [0.2, 0.25) is 0 Å². The Kier molecular flexibility index (Phi) is 6.47. The second kappa shape index (κ2) is 8.49. The van der Waals surface area contributed by atoms with Crippen molar-refractivity contribution in [3.63, 3.8) is 0 Å². The molecule has 12 atom stereocenters. The molecule has 4 aliphatic rings. The van der Waals surface area contributed by atoms with E-state index in [9.17, 15) is 4.79 Å². The van der Waals surface area contributed by atoms with Gasteiger partial charge in [0.1, 0.15) is 11.7 Å². The summed E-state index contributed by atoms with van der Waals surface area (Å²) >= 11 is 0. The standard InChI is InChI=1S/C25H42O7/c1-12-10-25(11-27-25)22-15(4)20(29-18(7)30-22)13(2)17(6)28-23(26)16(5)21-14(3)19(12)31-24(8,9)32-21/h12-22H,10-11H2,1-9H3/t12-,13-,14+,15+,16+,17+,18?,19-,20-,21-,22+,25+/m0/s1. The molecule has 0 aliphatic carbocycles. The van der Waals surface area contributed by atoms with Crippen molar-refractivity contribution in [1.82, 2.24) is 0 Å². The summed E-state index contributed by atoms with van der Waals surface area (Å²) in [6, 6.07) is 0. The first-order valence-corrected chi connectivity index (χ1v) is 12.4. The van der Waals surface area contributed by atoms with Gasteiger partial charge in [-0.25, -0.2) is 0 Å². The van der Waals surface area contributed by atoms with Crippen molar-refractivity contribution in [3.8, 4) is 0 Å². The maximum atomic E-state index is 13.2. The topological polar surface area (TPSA) is 75.8 Å². The van der Waals surface area contributed by atoms with Gasteiger partial charge in [-0.15, -0.1) is 0 Å². The molecule has 4 fully saturated rings. The van der Waals surface area contributed by atoms with Crippen LogP contribution in [0.1, 0.15) is 68.7 Å². The lowest BCUT2D eigenvalue weighted by molar-refractivity contribution is -0.336. The Hall–Kier alpha value is -0.730. The molecule has 0 N–H and O–H groups in total. The van der Waals surface area contributed by atoms with E-state index in [1.165, 1.54) is 0 Å². The number of hydrogen-bond donors (Lipinski definition) is 0. The summed E-state index contributed by atoms with van der Waals surface area (Å²) in [5, 5.41) is 0. The van der Waals surface area contributed by atoms with Gasteiger partial charge in [0.15, 0.2) is 12.1 Å². The average molecular weight is 455 g/mol. The lowest BCUT2D eigenvalue weighted by atomic mass is 9.75. The summed E-state index contributed by atoms with van der Waals surface area (Å²) in [5.41, 5.74) is -0.328. The van der Waals surface area contributed by atoms with Crippen LogP contribution in [-0.4, -0.2) is 60.8 Å². The molecule has 184 valence electrons. The average Bonchev–Trinajstić information content (AvgIpc) is 3.49. The predicted octanol–water partition coefficient (Wildman–Crippen LogP) is 3.92. The van der Waals surface area contributed by atoms with Crippen molar-refractivity contribution in [2.75, 3.05) is 6.61 Å². The van der Waals surface area contributed by atoms with E-state index < -0.39 is 11.7 Å². The number of ether oxygens (including phenoxy) is 6. The zero-order valence-electron chi connectivity index (χ0n) is 21.1. The number of epoxide rings is 1. The number of fused-ring (bicyclic) bond motifs is 5. The third-order valence-corrected chi connectivity index (χ3v) is 8.25. The molecule has 0 radical (unpaired) electrons. The molecule has 4 aliphatic heterocycles. The molecular weight excluding hydrogens is 412 g/mol. The highest BCUT2D eigenvalue weighted by Crippen LogP contribution is 2.49. The minimum atomic E-state index is -0.778. The van der Waals surface area contributed by atoms with Gasteiger partial charge in [-0.3, -0.25) is 4.79 Å². The van der Waals surface area contributed by atoms with Crippen LogP contribution in [-0.2, 0) is 33.2 Å². The van der Waals surface area contributed by atoms with Crippen LogP contribution in [0.5, 0.6) is 0 Å².